The maximum atomic E-state index is 12.0. The average molecular weight is 218 g/mol. The first-order valence-electron chi connectivity index (χ1n) is 5.48. The van der Waals surface area contributed by atoms with Gasteiger partial charge in [-0.3, -0.25) is 4.79 Å². The van der Waals surface area contributed by atoms with Gasteiger partial charge in [0.2, 0.25) is 0 Å². The van der Waals surface area contributed by atoms with E-state index in [0.717, 1.165) is 24.3 Å². The summed E-state index contributed by atoms with van der Waals surface area (Å²) in [5.41, 5.74) is 8.16. The first kappa shape index (κ1) is 9.51. The number of anilines is 1. The molecule has 1 amide bonds. The molecule has 3 rings (SSSR count). The summed E-state index contributed by atoms with van der Waals surface area (Å²) in [6, 6.07) is 3.59. The molecule has 84 valence electrons. The second-order valence-electron chi connectivity index (χ2n) is 4.50. The molecule has 0 fully saturated rings. The molecular formula is C12H14N2O2. The number of rotatable bonds is 0. The highest BCUT2D eigenvalue weighted by Crippen LogP contribution is 2.41. The number of carbonyl (C=O) groups excluding carboxylic acids is 1. The van der Waals surface area contributed by atoms with Crippen molar-refractivity contribution >= 4 is 11.6 Å². The Morgan fingerprint density at radius 2 is 2.31 bits per heavy atom. The number of hydrogen-bond acceptors (Lipinski definition) is 3. The van der Waals surface area contributed by atoms with Crippen LogP contribution in [0.1, 0.15) is 28.3 Å². The summed E-state index contributed by atoms with van der Waals surface area (Å²) in [4.78, 5) is 13.8. The van der Waals surface area contributed by atoms with Crippen molar-refractivity contribution in [1.29, 1.82) is 0 Å². The van der Waals surface area contributed by atoms with Crippen LogP contribution in [0.5, 0.6) is 5.75 Å². The zero-order valence-electron chi connectivity index (χ0n) is 9.19. The number of carbonyl (C=O) groups is 1. The largest absolute Gasteiger partial charge is 0.493 e. The SMILES string of the molecule is CN1CC2CCOc3cc(N)cc(c32)C1=O. The van der Waals surface area contributed by atoms with Gasteiger partial charge in [-0.25, -0.2) is 0 Å². The van der Waals surface area contributed by atoms with Crippen molar-refractivity contribution < 1.29 is 9.53 Å². The van der Waals surface area contributed by atoms with E-state index in [1.165, 1.54) is 0 Å². The van der Waals surface area contributed by atoms with Gasteiger partial charge in [0.1, 0.15) is 5.75 Å². The van der Waals surface area contributed by atoms with E-state index < -0.39 is 0 Å². The van der Waals surface area contributed by atoms with Gasteiger partial charge in [-0.2, -0.15) is 0 Å². The van der Waals surface area contributed by atoms with Gasteiger partial charge in [0.05, 0.1) is 6.61 Å². The Morgan fingerprint density at radius 1 is 1.50 bits per heavy atom. The summed E-state index contributed by atoms with van der Waals surface area (Å²) in [6.45, 7) is 1.49. The van der Waals surface area contributed by atoms with Gasteiger partial charge in [0.25, 0.3) is 5.91 Å². The minimum Gasteiger partial charge on any atom is -0.493 e. The summed E-state index contributed by atoms with van der Waals surface area (Å²) in [7, 11) is 1.84. The first-order chi connectivity index (χ1) is 7.66. The average Bonchev–Trinajstić information content (AvgIpc) is 2.25. The van der Waals surface area contributed by atoms with E-state index >= 15 is 0 Å². The molecule has 0 bridgehead atoms. The molecular weight excluding hydrogens is 204 g/mol. The highest BCUT2D eigenvalue weighted by atomic mass is 16.5. The van der Waals surface area contributed by atoms with Gasteiger partial charge in [0.15, 0.2) is 0 Å². The van der Waals surface area contributed by atoms with E-state index in [-0.39, 0.29) is 5.91 Å². The van der Waals surface area contributed by atoms with Crippen molar-refractivity contribution in [2.24, 2.45) is 0 Å². The Kier molecular flexibility index (Phi) is 1.87. The number of nitrogen functional groups attached to an aromatic ring is 1. The second kappa shape index (κ2) is 3.14. The van der Waals surface area contributed by atoms with E-state index in [1.54, 1.807) is 11.0 Å². The van der Waals surface area contributed by atoms with E-state index in [0.29, 0.717) is 23.8 Å². The van der Waals surface area contributed by atoms with E-state index in [1.807, 2.05) is 13.1 Å². The van der Waals surface area contributed by atoms with Crippen LogP contribution in [0.4, 0.5) is 5.69 Å². The number of benzene rings is 1. The third kappa shape index (κ3) is 1.19. The Morgan fingerprint density at radius 3 is 3.12 bits per heavy atom. The van der Waals surface area contributed by atoms with Crippen LogP contribution in [0.3, 0.4) is 0 Å². The molecule has 1 aromatic rings. The number of likely N-dealkylation sites (N-methyl/N-ethyl adjacent to an activating group) is 1. The van der Waals surface area contributed by atoms with Gasteiger partial charge >= 0.3 is 0 Å². The minimum atomic E-state index is 0.0466. The maximum absolute atomic E-state index is 12.0. The highest BCUT2D eigenvalue weighted by molar-refractivity contribution is 5.98. The van der Waals surface area contributed by atoms with Crippen LogP contribution in [0.2, 0.25) is 0 Å². The zero-order valence-corrected chi connectivity index (χ0v) is 9.19. The molecule has 0 saturated carbocycles. The van der Waals surface area contributed by atoms with Crippen molar-refractivity contribution in [3.05, 3.63) is 23.3 Å². The Balaban J connectivity index is 2.24. The van der Waals surface area contributed by atoms with Crippen molar-refractivity contribution in [3.8, 4) is 5.75 Å². The van der Waals surface area contributed by atoms with Crippen molar-refractivity contribution in [2.75, 3.05) is 25.9 Å². The standard InChI is InChI=1S/C12H14N2O2/c1-14-6-7-2-3-16-10-5-8(13)4-9(11(7)10)12(14)15/h4-5,7H,2-3,6,13H2,1H3. The predicted octanol–water partition coefficient (Wildman–Crippen LogP) is 1.22. The summed E-state index contributed by atoms with van der Waals surface area (Å²) in [5.74, 6) is 1.25. The van der Waals surface area contributed by atoms with Crippen LogP contribution in [0, 0.1) is 0 Å². The van der Waals surface area contributed by atoms with Crippen molar-refractivity contribution in [3.63, 3.8) is 0 Å². The third-order valence-electron chi connectivity index (χ3n) is 3.37. The lowest BCUT2D eigenvalue weighted by atomic mass is 9.85. The number of hydrogen-bond donors (Lipinski definition) is 1. The summed E-state index contributed by atoms with van der Waals surface area (Å²) in [6.07, 6.45) is 0.974. The maximum Gasteiger partial charge on any atom is 0.254 e. The molecule has 0 saturated heterocycles. The van der Waals surface area contributed by atoms with Crippen molar-refractivity contribution in [1.82, 2.24) is 4.90 Å². The van der Waals surface area contributed by atoms with Gasteiger partial charge in [-0.05, 0) is 12.5 Å². The Hall–Kier alpha value is -1.71. The number of ether oxygens (including phenoxy) is 1. The van der Waals surface area contributed by atoms with Gasteiger partial charge in [-0.1, -0.05) is 0 Å². The van der Waals surface area contributed by atoms with Crippen LogP contribution >= 0.6 is 0 Å². The van der Waals surface area contributed by atoms with Crippen LogP contribution in [0.15, 0.2) is 12.1 Å². The fourth-order valence-electron chi connectivity index (χ4n) is 2.62. The molecule has 16 heavy (non-hydrogen) atoms. The highest BCUT2D eigenvalue weighted by Gasteiger charge is 2.34. The fourth-order valence-corrected chi connectivity index (χ4v) is 2.62. The number of amides is 1. The number of nitrogens with zero attached hydrogens (tertiary/aromatic N) is 1. The van der Waals surface area contributed by atoms with E-state index in [9.17, 15) is 4.79 Å². The molecule has 2 aliphatic heterocycles. The molecule has 2 aliphatic rings. The second-order valence-corrected chi connectivity index (χ2v) is 4.50. The van der Waals surface area contributed by atoms with Gasteiger partial charge in [-0.15, -0.1) is 0 Å². The molecule has 1 atom stereocenters. The number of nitrogens with two attached hydrogens (primary N) is 1. The molecule has 4 heteroatoms. The molecule has 0 radical (unpaired) electrons. The summed E-state index contributed by atoms with van der Waals surface area (Å²) < 4.78 is 5.58. The molecule has 0 aliphatic carbocycles. The molecule has 2 heterocycles. The predicted molar refractivity (Wildman–Crippen MR) is 60.7 cm³/mol. The fraction of sp³-hybridized carbons (Fsp3) is 0.417. The molecule has 1 unspecified atom stereocenters. The van der Waals surface area contributed by atoms with E-state index in [4.69, 9.17) is 10.5 Å². The Bertz CT molecular complexity index is 470. The van der Waals surface area contributed by atoms with Gasteiger partial charge < -0.3 is 15.4 Å². The summed E-state index contributed by atoms with van der Waals surface area (Å²) in [5, 5.41) is 0. The monoisotopic (exact) mass is 218 g/mol. The Labute approximate surface area is 94.0 Å². The quantitative estimate of drug-likeness (QED) is 0.666. The van der Waals surface area contributed by atoms with Crippen molar-refractivity contribution in [2.45, 2.75) is 12.3 Å². The zero-order chi connectivity index (χ0) is 11.3. The normalized spacial score (nSPS) is 22.7. The molecule has 4 nitrogen and oxygen atoms in total. The van der Waals surface area contributed by atoms with Gasteiger partial charge in [0, 0.05) is 42.4 Å². The lowest BCUT2D eigenvalue weighted by Gasteiger charge is -2.36. The van der Waals surface area contributed by atoms with Crippen LogP contribution in [0.25, 0.3) is 0 Å². The molecule has 0 aromatic heterocycles. The molecule has 1 aromatic carbocycles. The minimum absolute atomic E-state index is 0.0466. The third-order valence-corrected chi connectivity index (χ3v) is 3.37. The molecule has 0 spiro atoms. The smallest absolute Gasteiger partial charge is 0.254 e. The topological polar surface area (TPSA) is 55.6 Å². The van der Waals surface area contributed by atoms with E-state index in [2.05, 4.69) is 0 Å². The lowest BCUT2D eigenvalue weighted by Crippen LogP contribution is -2.39. The van der Waals surface area contributed by atoms with Crippen LogP contribution < -0.4 is 10.5 Å². The lowest BCUT2D eigenvalue weighted by molar-refractivity contribution is 0.0748. The summed E-state index contributed by atoms with van der Waals surface area (Å²) >= 11 is 0. The first-order valence-corrected chi connectivity index (χ1v) is 5.48. The molecule has 2 N–H and O–H groups in total. The van der Waals surface area contributed by atoms with Crippen LogP contribution in [-0.4, -0.2) is 31.0 Å². The van der Waals surface area contributed by atoms with Crippen LogP contribution in [-0.2, 0) is 0 Å².